The lowest BCUT2D eigenvalue weighted by atomic mass is 10.0. The molecule has 6 nitrogen and oxygen atoms in total. The third-order valence-electron chi connectivity index (χ3n) is 15.6. The standard InChI is InChI=1S/C69H131NO5/c1-3-5-7-9-11-13-15-17-19-35-39-43-47-51-55-59-63-69(74)75-64-60-56-52-48-44-40-36-33-31-29-27-25-23-21-20-22-24-26-28-30-32-34-38-42-46-50-54-58-62-68(73)70-66(65-71)67(72)61-57-53-49-45-41-37-18-16-14-12-10-8-6-4-2/h19-21,35,57,61,66-67,71-72H,3-18,22-34,36-56,58-60,62-65H2,1-2H3,(H,70,73)/b21-20-,35-19-,61-57+. The summed E-state index contributed by atoms with van der Waals surface area (Å²) in [5.74, 6) is -0.0584. The summed E-state index contributed by atoms with van der Waals surface area (Å²) in [6, 6.07) is -0.627. The van der Waals surface area contributed by atoms with Gasteiger partial charge in [0.1, 0.15) is 0 Å². The first-order chi connectivity index (χ1) is 37.0. The van der Waals surface area contributed by atoms with Crippen molar-refractivity contribution in [2.45, 2.75) is 379 Å². The molecule has 0 aromatic rings. The van der Waals surface area contributed by atoms with Gasteiger partial charge < -0.3 is 20.3 Å². The Morgan fingerprint density at radius 3 is 0.947 bits per heavy atom. The molecule has 0 spiro atoms. The molecule has 0 aliphatic heterocycles. The van der Waals surface area contributed by atoms with Gasteiger partial charge >= 0.3 is 5.97 Å². The van der Waals surface area contributed by atoms with E-state index in [0.29, 0.717) is 19.4 Å². The lowest BCUT2D eigenvalue weighted by molar-refractivity contribution is -0.143. The molecule has 2 unspecified atom stereocenters. The first kappa shape index (κ1) is 73.1. The highest BCUT2D eigenvalue weighted by Gasteiger charge is 2.18. The quantitative estimate of drug-likeness (QED) is 0.0320. The largest absolute Gasteiger partial charge is 0.466 e. The van der Waals surface area contributed by atoms with Gasteiger partial charge in [0.15, 0.2) is 0 Å². The average Bonchev–Trinajstić information content (AvgIpc) is 3.41. The molecule has 0 bridgehead atoms. The number of nitrogens with one attached hydrogen (secondary N) is 1. The summed E-state index contributed by atoms with van der Waals surface area (Å²) in [7, 11) is 0. The van der Waals surface area contributed by atoms with Gasteiger partial charge in [0, 0.05) is 12.8 Å². The lowest BCUT2D eigenvalue weighted by Crippen LogP contribution is -2.45. The smallest absolute Gasteiger partial charge is 0.305 e. The van der Waals surface area contributed by atoms with E-state index < -0.39 is 12.1 Å². The maximum atomic E-state index is 12.5. The van der Waals surface area contributed by atoms with E-state index in [9.17, 15) is 19.8 Å². The summed E-state index contributed by atoms with van der Waals surface area (Å²) < 4.78 is 5.49. The van der Waals surface area contributed by atoms with Crippen LogP contribution in [0.25, 0.3) is 0 Å². The topological polar surface area (TPSA) is 95.9 Å². The van der Waals surface area contributed by atoms with Gasteiger partial charge in [-0.25, -0.2) is 0 Å². The van der Waals surface area contributed by atoms with Crippen LogP contribution in [0.5, 0.6) is 0 Å². The van der Waals surface area contributed by atoms with Crippen molar-refractivity contribution in [2.24, 2.45) is 0 Å². The van der Waals surface area contributed by atoms with Gasteiger partial charge in [-0.05, 0) is 83.5 Å². The summed E-state index contributed by atoms with van der Waals surface area (Å²) in [6.07, 6.45) is 82.1. The van der Waals surface area contributed by atoms with Crippen molar-refractivity contribution in [2.75, 3.05) is 13.2 Å². The predicted molar refractivity (Wildman–Crippen MR) is 329 cm³/mol. The zero-order chi connectivity index (χ0) is 54.3. The maximum Gasteiger partial charge on any atom is 0.305 e. The van der Waals surface area contributed by atoms with Crippen LogP contribution in [0.1, 0.15) is 367 Å². The van der Waals surface area contributed by atoms with E-state index in [1.165, 1.54) is 295 Å². The SMILES string of the molecule is CCCCCCCCC/C=C\CCCCCCCC(=O)OCCCCCCCCCCCCCC/C=C\CCCCCCCCCCCCCCC(=O)NC(CO)C(O)/C=C/CCCCCCCCCCCCCC. The van der Waals surface area contributed by atoms with Crippen LogP contribution in [0.4, 0.5) is 0 Å². The number of hydrogen-bond acceptors (Lipinski definition) is 5. The summed E-state index contributed by atoms with van der Waals surface area (Å²) in [4.78, 5) is 24.5. The monoisotopic (exact) mass is 1050 g/mol. The molecule has 442 valence electrons. The Balaban J connectivity index is 3.38. The van der Waals surface area contributed by atoms with Gasteiger partial charge in [-0.15, -0.1) is 0 Å². The van der Waals surface area contributed by atoms with Crippen LogP contribution < -0.4 is 5.32 Å². The molecule has 0 heterocycles. The van der Waals surface area contributed by atoms with Crippen LogP contribution in [-0.2, 0) is 14.3 Å². The molecule has 0 aliphatic carbocycles. The van der Waals surface area contributed by atoms with E-state index >= 15 is 0 Å². The molecule has 6 heteroatoms. The number of carbonyl (C=O) groups is 2. The Hall–Kier alpha value is -1.92. The fourth-order valence-electron chi connectivity index (χ4n) is 10.4. The van der Waals surface area contributed by atoms with Gasteiger partial charge in [-0.3, -0.25) is 9.59 Å². The molecule has 0 fully saturated rings. The maximum absolute atomic E-state index is 12.5. The predicted octanol–water partition coefficient (Wildman–Crippen LogP) is 21.5. The zero-order valence-electron chi connectivity index (χ0n) is 50.5. The number of rotatable bonds is 63. The molecular formula is C69H131NO5. The number of hydrogen-bond donors (Lipinski definition) is 3. The van der Waals surface area contributed by atoms with Crippen LogP contribution in [0, 0.1) is 0 Å². The molecule has 0 rings (SSSR count). The number of allylic oxidation sites excluding steroid dienone is 5. The summed E-state index contributed by atoms with van der Waals surface area (Å²) in [5.41, 5.74) is 0. The third-order valence-corrected chi connectivity index (χ3v) is 15.6. The van der Waals surface area contributed by atoms with Crippen molar-refractivity contribution in [3.63, 3.8) is 0 Å². The minimum absolute atomic E-state index is 0.00830. The minimum Gasteiger partial charge on any atom is -0.466 e. The van der Waals surface area contributed by atoms with Crippen molar-refractivity contribution in [3.8, 4) is 0 Å². The molecule has 0 aliphatic rings. The first-order valence-electron chi connectivity index (χ1n) is 33.8. The van der Waals surface area contributed by atoms with Crippen LogP contribution in [-0.4, -0.2) is 47.4 Å². The second-order valence-electron chi connectivity index (χ2n) is 23.1. The van der Waals surface area contributed by atoms with Crippen LogP contribution in [0.15, 0.2) is 36.5 Å². The number of esters is 1. The molecule has 0 radical (unpaired) electrons. The number of aliphatic hydroxyl groups is 2. The van der Waals surface area contributed by atoms with Crippen LogP contribution >= 0.6 is 0 Å². The number of aliphatic hydroxyl groups excluding tert-OH is 2. The van der Waals surface area contributed by atoms with E-state index in [4.69, 9.17) is 4.74 Å². The normalized spacial score (nSPS) is 12.7. The van der Waals surface area contributed by atoms with Crippen LogP contribution in [0.2, 0.25) is 0 Å². The van der Waals surface area contributed by atoms with Crippen molar-refractivity contribution < 1.29 is 24.5 Å². The van der Waals surface area contributed by atoms with E-state index in [1.807, 2.05) is 6.08 Å². The molecular weight excluding hydrogens is 923 g/mol. The van der Waals surface area contributed by atoms with Crippen molar-refractivity contribution >= 4 is 11.9 Å². The molecule has 1 amide bonds. The molecule has 75 heavy (non-hydrogen) atoms. The van der Waals surface area contributed by atoms with E-state index in [0.717, 1.165) is 44.9 Å². The van der Waals surface area contributed by atoms with Crippen LogP contribution in [0.3, 0.4) is 0 Å². The number of unbranched alkanes of at least 4 members (excludes halogenated alkanes) is 48. The van der Waals surface area contributed by atoms with Gasteiger partial charge in [-0.2, -0.15) is 0 Å². The lowest BCUT2D eigenvalue weighted by Gasteiger charge is -2.20. The molecule has 3 N–H and O–H groups in total. The summed E-state index contributed by atoms with van der Waals surface area (Å²) in [6.45, 7) is 4.92. The van der Waals surface area contributed by atoms with Gasteiger partial charge in [0.05, 0.1) is 25.4 Å². The molecule has 0 saturated carbocycles. The average molecular weight is 1050 g/mol. The Kier molecular flexibility index (Phi) is 63.0. The van der Waals surface area contributed by atoms with E-state index in [2.05, 4.69) is 43.5 Å². The van der Waals surface area contributed by atoms with Crippen molar-refractivity contribution in [1.29, 1.82) is 0 Å². The fraction of sp³-hybridized carbons (Fsp3) is 0.884. The zero-order valence-corrected chi connectivity index (χ0v) is 50.5. The molecule has 0 aromatic carbocycles. The highest BCUT2D eigenvalue weighted by Crippen LogP contribution is 2.18. The first-order valence-corrected chi connectivity index (χ1v) is 33.8. The highest BCUT2D eigenvalue weighted by molar-refractivity contribution is 5.76. The number of amides is 1. The number of ether oxygens (including phenoxy) is 1. The number of carbonyl (C=O) groups excluding carboxylic acids is 2. The highest BCUT2D eigenvalue weighted by atomic mass is 16.5. The minimum atomic E-state index is -0.844. The van der Waals surface area contributed by atoms with E-state index in [1.54, 1.807) is 6.08 Å². The Morgan fingerprint density at radius 2 is 0.627 bits per heavy atom. The second-order valence-corrected chi connectivity index (χ2v) is 23.1. The summed E-state index contributed by atoms with van der Waals surface area (Å²) >= 11 is 0. The molecule has 0 aromatic heterocycles. The van der Waals surface area contributed by atoms with E-state index in [-0.39, 0.29) is 18.5 Å². The van der Waals surface area contributed by atoms with Gasteiger partial charge in [0.2, 0.25) is 5.91 Å². The molecule has 0 saturated heterocycles. The Labute approximate surface area is 468 Å². The van der Waals surface area contributed by atoms with Gasteiger partial charge in [-0.1, -0.05) is 307 Å². The Bertz CT molecular complexity index is 1210. The summed E-state index contributed by atoms with van der Waals surface area (Å²) in [5, 5.41) is 23.1. The van der Waals surface area contributed by atoms with Crippen molar-refractivity contribution in [1.82, 2.24) is 5.32 Å². The fourth-order valence-corrected chi connectivity index (χ4v) is 10.4. The second kappa shape index (κ2) is 64.6. The van der Waals surface area contributed by atoms with Gasteiger partial charge in [0.25, 0.3) is 0 Å². The Morgan fingerprint density at radius 1 is 0.360 bits per heavy atom. The third kappa shape index (κ3) is 61.2. The molecule has 2 atom stereocenters. The van der Waals surface area contributed by atoms with Crippen molar-refractivity contribution in [3.05, 3.63) is 36.5 Å².